The van der Waals surface area contributed by atoms with E-state index in [1.807, 2.05) is 6.92 Å². The van der Waals surface area contributed by atoms with Crippen molar-refractivity contribution < 1.29 is 17.7 Å². The first-order valence-corrected chi connectivity index (χ1v) is 9.58. The largest absolute Gasteiger partial charge is 0.384 e. The second-order valence-corrected chi connectivity index (χ2v) is 7.78. The van der Waals surface area contributed by atoms with Gasteiger partial charge in [0.1, 0.15) is 6.61 Å². The summed E-state index contributed by atoms with van der Waals surface area (Å²) in [7, 11) is -4.60. The smallest absolute Gasteiger partial charge is 0.241 e. The number of nitrogens with one attached hydrogen (secondary N) is 1. The van der Waals surface area contributed by atoms with Gasteiger partial charge in [-0.2, -0.15) is 0 Å². The van der Waals surface area contributed by atoms with E-state index in [0.29, 0.717) is 17.7 Å². The Kier molecular flexibility index (Phi) is 7.05. The lowest BCUT2D eigenvalue weighted by atomic mass is 10.1. The van der Waals surface area contributed by atoms with Crippen molar-refractivity contribution in [1.82, 2.24) is 4.72 Å². The normalized spacial score (nSPS) is 12.5. The van der Waals surface area contributed by atoms with E-state index in [1.165, 1.54) is 6.07 Å². The van der Waals surface area contributed by atoms with E-state index < -0.39 is 20.8 Å². The van der Waals surface area contributed by atoms with Crippen LogP contribution >= 0.6 is 0 Å². The Morgan fingerprint density at radius 2 is 2.10 bits per heavy atom. The van der Waals surface area contributed by atoms with Gasteiger partial charge in [-0.1, -0.05) is 17.9 Å². The highest BCUT2D eigenvalue weighted by atomic mass is 32.2. The summed E-state index contributed by atoms with van der Waals surface area (Å²) < 4.78 is 37.9. The van der Waals surface area contributed by atoms with E-state index in [2.05, 4.69) is 16.6 Å². The zero-order valence-electron chi connectivity index (χ0n) is 12.0. The standard InChI is InChI=1S/C14H19NO4S2/c1-12-6-7-14(13(11-12)5-3-9-16)21(18,19)15-8-4-10-20(2)17/h6-7,11,15-16H,4,8-10H2,1-2H3. The van der Waals surface area contributed by atoms with Gasteiger partial charge in [0.05, 0.1) is 4.90 Å². The second kappa shape index (κ2) is 8.29. The zero-order valence-corrected chi connectivity index (χ0v) is 13.7. The molecule has 21 heavy (non-hydrogen) atoms. The highest BCUT2D eigenvalue weighted by Crippen LogP contribution is 2.16. The summed E-state index contributed by atoms with van der Waals surface area (Å²) in [6.07, 6.45) is 2.09. The maximum Gasteiger partial charge on any atom is 0.241 e. The average Bonchev–Trinajstić information content (AvgIpc) is 2.41. The summed E-state index contributed by atoms with van der Waals surface area (Å²) >= 11 is 0. The Morgan fingerprint density at radius 3 is 2.71 bits per heavy atom. The molecule has 1 atom stereocenters. The Labute approximate surface area is 128 Å². The van der Waals surface area contributed by atoms with E-state index in [0.717, 1.165) is 5.56 Å². The predicted octanol–water partition coefficient (Wildman–Crippen LogP) is 0.386. The molecular formula is C14H19NO4S2. The number of hydrogen-bond acceptors (Lipinski definition) is 4. The zero-order chi connectivity index (χ0) is 15.9. The van der Waals surface area contributed by atoms with Gasteiger partial charge in [0.2, 0.25) is 10.0 Å². The molecule has 0 spiro atoms. The number of hydrogen-bond donors (Lipinski definition) is 2. The van der Waals surface area contributed by atoms with E-state index in [-0.39, 0.29) is 18.0 Å². The molecule has 0 aliphatic heterocycles. The lowest BCUT2D eigenvalue weighted by molar-refractivity contribution is 0.350. The fourth-order valence-corrected chi connectivity index (χ4v) is 3.44. The molecular weight excluding hydrogens is 310 g/mol. The van der Waals surface area contributed by atoms with Crippen LogP contribution in [0.4, 0.5) is 0 Å². The van der Waals surface area contributed by atoms with Crippen LogP contribution < -0.4 is 4.72 Å². The van der Waals surface area contributed by atoms with Crippen LogP contribution in [0.25, 0.3) is 0 Å². The molecule has 1 aromatic rings. The van der Waals surface area contributed by atoms with Crippen molar-refractivity contribution >= 4 is 20.8 Å². The van der Waals surface area contributed by atoms with Crippen molar-refractivity contribution in [3.8, 4) is 11.8 Å². The fourth-order valence-electron chi connectivity index (χ4n) is 1.67. The van der Waals surface area contributed by atoms with E-state index in [4.69, 9.17) is 5.11 Å². The first kappa shape index (κ1) is 17.9. The number of sulfonamides is 1. The summed E-state index contributed by atoms with van der Waals surface area (Å²) in [6.45, 7) is 1.73. The van der Waals surface area contributed by atoms with Gasteiger partial charge in [0.15, 0.2) is 0 Å². The van der Waals surface area contributed by atoms with Gasteiger partial charge in [-0.05, 0) is 31.0 Å². The first-order chi connectivity index (χ1) is 9.86. The van der Waals surface area contributed by atoms with E-state index >= 15 is 0 Å². The van der Waals surface area contributed by atoms with Crippen LogP contribution in [0.2, 0.25) is 0 Å². The molecule has 0 amide bonds. The Hall–Kier alpha value is -1.20. The summed E-state index contributed by atoms with van der Waals surface area (Å²) in [6, 6.07) is 4.86. The minimum absolute atomic E-state index is 0.0895. The van der Waals surface area contributed by atoms with Gasteiger partial charge in [0.25, 0.3) is 0 Å². The number of aryl methyl sites for hydroxylation is 1. The SMILES string of the molecule is Cc1ccc(S(=O)(=O)NCCCS(C)=O)c(C#CCO)c1. The summed E-state index contributed by atoms with van der Waals surface area (Å²) in [4.78, 5) is 0.0895. The Balaban J connectivity index is 2.94. The molecule has 7 heteroatoms. The summed E-state index contributed by atoms with van der Waals surface area (Å²) in [5, 5.41) is 8.75. The summed E-state index contributed by atoms with van der Waals surface area (Å²) in [5.41, 5.74) is 1.24. The van der Waals surface area contributed by atoms with Crippen LogP contribution in [0.3, 0.4) is 0 Å². The monoisotopic (exact) mass is 329 g/mol. The number of rotatable bonds is 6. The minimum Gasteiger partial charge on any atom is -0.384 e. The van der Waals surface area contributed by atoms with Crippen LogP contribution in [0.1, 0.15) is 17.5 Å². The highest BCUT2D eigenvalue weighted by molar-refractivity contribution is 7.89. The molecule has 1 unspecified atom stereocenters. The molecule has 0 aliphatic carbocycles. The molecule has 0 saturated heterocycles. The predicted molar refractivity (Wildman–Crippen MR) is 83.9 cm³/mol. The van der Waals surface area contributed by atoms with Crippen LogP contribution in [-0.2, 0) is 20.8 Å². The Morgan fingerprint density at radius 1 is 1.38 bits per heavy atom. The molecule has 0 fully saturated rings. The van der Waals surface area contributed by atoms with Gasteiger partial charge in [-0.15, -0.1) is 0 Å². The number of aliphatic hydroxyl groups is 1. The van der Waals surface area contributed by atoms with Crippen LogP contribution in [0.5, 0.6) is 0 Å². The minimum atomic E-state index is -3.67. The van der Waals surface area contributed by atoms with Crippen molar-refractivity contribution in [2.45, 2.75) is 18.2 Å². The van der Waals surface area contributed by atoms with Crippen molar-refractivity contribution in [3.63, 3.8) is 0 Å². The second-order valence-electron chi connectivity index (χ2n) is 4.49. The molecule has 0 saturated carbocycles. The van der Waals surface area contributed by atoms with E-state index in [1.54, 1.807) is 18.4 Å². The Bertz CT molecular complexity index is 672. The molecule has 1 aromatic carbocycles. The molecule has 0 aromatic heterocycles. The highest BCUT2D eigenvalue weighted by Gasteiger charge is 2.17. The first-order valence-electron chi connectivity index (χ1n) is 6.37. The number of aliphatic hydroxyl groups excluding tert-OH is 1. The van der Waals surface area contributed by atoms with Gasteiger partial charge < -0.3 is 5.11 Å². The van der Waals surface area contributed by atoms with Gasteiger partial charge in [-0.3, -0.25) is 4.21 Å². The van der Waals surface area contributed by atoms with Crippen LogP contribution in [0, 0.1) is 18.8 Å². The topological polar surface area (TPSA) is 83.5 Å². The molecule has 0 heterocycles. The molecule has 0 radical (unpaired) electrons. The van der Waals surface area contributed by atoms with Crippen molar-refractivity contribution in [2.24, 2.45) is 0 Å². The maximum absolute atomic E-state index is 12.3. The van der Waals surface area contributed by atoms with Gasteiger partial charge >= 0.3 is 0 Å². The lowest BCUT2D eigenvalue weighted by Gasteiger charge is -2.09. The fraction of sp³-hybridized carbons (Fsp3) is 0.429. The van der Waals surface area contributed by atoms with Crippen LogP contribution in [-0.4, -0.2) is 42.9 Å². The molecule has 5 nitrogen and oxygen atoms in total. The maximum atomic E-state index is 12.3. The molecule has 116 valence electrons. The molecule has 0 bridgehead atoms. The molecule has 0 aliphatic rings. The summed E-state index contributed by atoms with van der Waals surface area (Å²) in [5.74, 6) is 5.56. The molecule has 2 N–H and O–H groups in total. The third-order valence-corrected chi connectivity index (χ3v) is 5.01. The van der Waals surface area contributed by atoms with Crippen molar-refractivity contribution in [1.29, 1.82) is 0 Å². The van der Waals surface area contributed by atoms with Crippen LogP contribution in [0.15, 0.2) is 23.1 Å². The van der Waals surface area contributed by atoms with Crippen molar-refractivity contribution in [3.05, 3.63) is 29.3 Å². The van der Waals surface area contributed by atoms with E-state index in [9.17, 15) is 12.6 Å². The third kappa shape index (κ3) is 5.98. The number of benzene rings is 1. The van der Waals surface area contributed by atoms with Crippen molar-refractivity contribution in [2.75, 3.05) is 25.2 Å². The quantitative estimate of drug-likeness (QED) is 0.584. The molecule has 1 rings (SSSR count). The van der Waals surface area contributed by atoms with Gasteiger partial charge in [-0.25, -0.2) is 13.1 Å². The lowest BCUT2D eigenvalue weighted by Crippen LogP contribution is -2.26. The van der Waals surface area contributed by atoms with Gasteiger partial charge in [0, 0.05) is 34.9 Å². The average molecular weight is 329 g/mol. The third-order valence-electron chi connectivity index (χ3n) is 2.63.